The van der Waals surface area contributed by atoms with Crippen LogP contribution in [0.25, 0.3) is 0 Å². The lowest BCUT2D eigenvalue weighted by atomic mass is 9.72. The minimum Gasteiger partial charge on any atom is -0.370 e. The van der Waals surface area contributed by atoms with Crippen LogP contribution >= 0.6 is 0 Å². The van der Waals surface area contributed by atoms with E-state index < -0.39 is 0 Å². The summed E-state index contributed by atoms with van der Waals surface area (Å²) in [4.78, 5) is 4.62. The molecule has 2 aliphatic carbocycles. The summed E-state index contributed by atoms with van der Waals surface area (Å²) in [5.41, 5.74) is 9.07. The fourth-order valence-electron chi connectivity index (χ4n) is 4.23. The Morgan fingerprint density at radius 2 is 2.22 bits per heavy atom. The van der Waals surface area contributed by atoms with Crippen LogP contribution in [-0.2, 0) is 0 Å². The third-order valence-electron chi connectivity index (χ3n) is 5.05. The molecule has 3 heteroatoms. The summed E-state index contributed by atoms with van der Waals surface area (Å²) < 4.78 is 0. The summed E-state index contributed by atoms with van der Waals surface area (Å²) in [7, 11) is 0. The van der Waals surface area contributed by atoms with E-state index in [4.69, 9.17) is 5.73 Å². The average molecular weight is 247 g/mol. The monoisotopic (exact) mass is 247 g/mol. The summed E-state index contributed by atoms with van der Waals surface area (Å²) in [6.45, 7) is 4.66. The number of nitrogens with two attached hydrogens (primary N) is 1. The van der Waals surface area contributed by atoms with E-state index in [2.05, 4.69) is 24.2 Å². The number of allylic oxidation sites excluding steroid dienone is 1. The second-order valence-corrected chi connectivity index (χ2v) is 6.25. The standard InChI is InChI=1S/C15H25N3/c1-3-4-5-11-9(2)8-10-6-7-12-13(10)14(11)18-15(16)17-12/h9-10,12-13H,3-8H2,1-2H3,(H3,16,17,18)/t9-,10-,12-,13?/m0/s1. The van der Waals surface area contributed by atoms with Crippen LogP contribution in [0.2, 0.25) is 0 Å². The zero-order valence-corrected chi connectivity index (χ0v) is 11.6. The summed E-state index contributed by atoms with van der Waals surface area (Å²) in [5, 5.41) is 3.42. The van der Waals surface area contributed by atoms with Gasteiger partial charge < -0.3 is 11.1 Å². The van der Waals surface area contributed by atoms with Crippen molar-refractivity contribution in [3.05, 3.63) is 11.3 Å². The smallest absolute Gasteiger partial charge is 0.193 e. The van der Waals surface area contributed by atoms with Crippen LogP contribution in [-0.4, -0.2) is 12.0 Å². The Labute approximate surface area is 110 Å². The quantitative estimate of drug-likeness (QED) is 0.805. The van der Waals surface area contributed by atoms with Crippen molar-refractivity contribution in [2.24, 2.45) is 28.5 Å². The van der Waals surface area contributed by atoms with Crippen molar-refractivity contribution in [1.82, 2.24) is 5.32 Å². The highest BCUT2D eigenvalue weighted by atomic mass is 15.2. The molecule has 4 atom stereocenters. The number of aliphatic imine (C=N–C) groups is 1. The van der Waals surface area contributed by atoms with E-state index in [1.54, 1.807) is 5.57 Å². The van der Waals surface area contributed by atoms with Gasteiger partial charge in [-0.3, -0.25) is 0 Å². The van der Waals surface area contributed by atoms with Gasteiger partial charge in [0.1, 0.15) is 0 Å². The van der Waals surface area contributed by atoms with Crippen molar-refractivity contribution in [3.8, 4) is 0 Å². The second kappa shape index (κ2) is 4.60. The first kappa shape index (κ1) is 12.1. The van der Waals surface area contributed by atoms with Crippen molar-refractivity contribution >= 4 is 5.96 Å². The number of rotatable bonds is 3. The van der Waals surface area contributed by atoms with Crippen LogP contribution < -0.4 is 11.1 Å². The molecular weight excluding hydrogens is 222 g/mol. The lowest BCUT2D eigenvalue weighted by Crippen LogP contribution is -2.45. The van der Waals surface area contributed by atoms with Gasteiger partial charge in [0, 0.05) is 11.6 Å². The maximum absolute atomic E-state index is 5.97. The minimum atomic E-state index is 0.468. The molecule has 0 spiro atoms. The Bertz CT molecular complexity index is 397. The van der Waals surface area contributed by atoms with Crippen LogP contribution in [0, 0.1) is 17.8 Å². The van der Waals surface area contributed by atoms with Gasteiger partial charge in [0.05, 0.1) is 6.04 Å². The Balaban J connectivity index is 1.96. The van der Waals surface area contributed by atoms with E-state index in [0.717, 1.165) is 11.8 Å². The number of hydrogen-bond acceptors (Lipinski definition) is 3. The van der Waals surface area contributed by atoms with E-state index in [-0.39, 0.29) is 0 Å². The van der Waals surface area contributed by atoms with Gasteiger partial charge in [0.15, 0.2) is 5.96 Å². The fraction of sp³-hybridized carbons (Fsp3) is 0.800. The SMILES string of the molecule is CCCCC1=C2NC(N)=N[C@H]3CC[C@@H](C[C@@H]1C)C23. The topological polar surface area (TPSA) is 50.4 Å². The molecule has 1 saturated carbocycles. The van der Waals surface area contributed by atoms with Gasteiger partial charge >= 0.3 is 0 Å². The molecule has 1 aliphatic heterocycles. The number of hydrogen-bond donors (Lipinski definition) is 2. The van der Waals surface area contributed by atoms with Gasteiger partial charge in [-0.1, -0.05) is 20.3 Å². The van der Waals surface area contributed by atoms with Gasteiger partial charge in [-0.05, 0) is 49.5 Å². The highest BCUT2D eigenvalue weighted by Crippen LogP contribution is 2.49. The first-order valence-corrected chi connectivity index (χ1v) is 7.54. The molecule has 0 aromatic rings. The molecule has 0 aromatic heterocycles. The van der Waals surface area contributed by atoms with Crippen LogP contribution in [0.3, 0.4) is 0 Å². The molecule has 3 nitrogen and oxygen atoms in total. The molecule has 0 amide bonds. The van der Waals surface area contributed by atoms with Crippen LogP contribution in [0.1, 0.15) is 52.4 Å². The highest BCUT2D eigenvalue weighted by Gasteiger charge is 2.45. The largest absolute Gasteiger partial charge is 0.370 e. The first-order valence-electron chi connectivity index (χ1n) is 7.54. The van der Waals surface area contributed by atoms with Crippen molar-refractivity contribution < 1.29 is 0 Å². The molecule has 3 aliphatic rings. The minimum absolute atomic E-state index is 0.468. The molecule has 3 N–H and O–H groups in total. The van der Waals surface area contributed by atoms with Crippen molar-refractivity contribution in [3.63, 3.8) is 0 Å². The van der Waals surface area contributed by atoms with Crippen molar-refractivity contribution in [2.45, 2.75) is 58.4 Å². The Morgan fingerprint density at radius 1 is 1.39 bits per heavy atom. The molecule has 0 bridgehead atoms. The highest BCUT2D eigenvalue weighted by molar-refractivity contribution is 5.81. The van der Waals surface area contributed by atoms with Crippen LogP contribution in [0.4, 0.5) is 0 Å². The summed E-state index contributed by atoms with van der Waals surface area (Å²) >= 11 is 0. The molecule has 3 rings (SSSR count). The van der Waals surface area contributed by atoms with E-state index >= 15 is 0 Å². The van der Waals surface area contributed by atoms with Gasteiger partial charge in [-0.25, -0.2) is 4.99 Å². The van der Waals surface area contributed by atoms with Gasteiger partial charge in [-0.15, -0.1) is 0 Å². The zero-order valence-electron chi connectivity index (χ0n) is 11.6. The molecule has 100 valence electrons. The lowest BCUT2D eigenvalue weighted by Gasteiger charge is -2.39. The fourth-order valence-corrected chi connectivity index (χ4v) is 4.23. The lowest BCUT2D eigenvalue weighted by molar-refractivity contribution is 0.299. The Hall–Kier alpha value is -0.990. The van der Waals surface area contributed by atoms with E-state index in [1.165, 1.54) is 44.2 Å². The Kier molecular flexibility index (Phi) is 3.08. The normalized spacial score (nSPS) is 38.2. The predicted molar refractivity (Wildman–Crippen MR) is 75.1 cm³/mol. The summed E-state index contributed by atoms with van der Waals surface area (Å²) in [6, 6.07) is 0.468. The van der Waals surface area contributed by atoms with Crippen LogP contribution in [0.5, 0.6) is 0 Å². The average Bonchev–Trinajstić information content (AvgIpc) is 2.72. The third-order valence-corrected chi connectivity index (χ3v) is 5.05. The molecule has 18 heavy (non-hydrogen) atoms. The van der Waals surface area contributed by atoms with E-state index in [9.17, 15) is 0 Å². The molecule has 0 radical (unpaired) electrons. The maximum Gasteiger partial charge on any atom is 0.193 e. The molecule has 1 unspecified atom stereocenters. The molecule has 0 saturated heterocycles. The number of nitrogens with one attached hydrogen (secondary N) is 1. The molecule has 0 aromatic carbocycles. The molecular formula is C15H25N3. The van der Waals surface area contributed by atoms with E-state index in [0.29, 0.717) is 17.9 Å². The second-order valence-electron chi connectivity index (χ2n) is 6.25. The zero-order chi connectivity index (χ0) is 12.7. The number of guanidine groups is 1. The molecule has 1 fully saturated rings. The van der Waals surface area contributed by atoms with Gasteiger partial charge in [0.2, 0.25) is 0 Å². The third kappa shape index (κ3) is 1.84. The van der Waals surface area contributed by atoms with Crippen molar-refractivity contribution in [1.29, 1.82) is 0 Å². The number of unbranched alkanes of at least 4 members (excludes halogenated alkanes) is 1. The van der Waals surface area contributed by atoms with Crippen LogP contribution in [0.15, 0.2) is 16.3 Å². The van der Waals surface area contributed by atoms with Gasteiger partial charge in [0.25, 0.3) is 0 Å². The van der Waals surface area contributed by atoms with Gasteiger partial charge in [-0.2, -0.15) is 0 Å². The molecule has 1 heterocycles. The van der Waals surface area contributed by atoms with E-state index in [1.807, 2.05) is 0 Å². The maximum atomic E-state index is 5.97. The predicted octanol–water partition coefficient (Wildman–Crippen LogP) is 2.78. The van der Waals surface area contributed by atoms with Crippen molar-refractivity contribution in [2.75, 3.05) is 0 Å². The summed E-state index contributed by atoms with van der Waals surface area (Å²) in [6.07, 6.45) is 7.73. The summed E-state index contributed by atoms with van der Waals surface area (Å²) in [5.74, 6) is 2.87. The Morgan fingerprint density at radius 3 is 3.00 bits per heavy atom. The number of nitrogens with zero attached hydrogens (tertiary/aromatic N) is 1. The first-order chi connectivity index (χ1) is 8.70.